The Bertz CT molecular complexity index is 1340. The summed E-state index contributed by atoms with van der Waals surface area (Å²) in [5, 5.41) is 0.627. The molecule has 0 bridgehead atoms. The fraction of sp³-hybridized carbons (Fsp3) is 0.222. The maximum atomic E-state index is 13.3. The van der Waals surface area contributed by atoms with Crippen molar-refractivity contribution >= 4 is 22.7 Å². The van der Waals surface area contributed by atoms with E-state index in [2.05, 4.69) is 16.5 Å². The Balaban J connectivity index is 1.61. The third kappa shape index (κ3) is 4.55. The Kier molecular flexibility index (Phi) is 6.36. The number of hydrogen-bond donors (Lipinski definition) is 0. The van der Waals surface area contributed by atoms with Crippen molar-refractivity contribution in [2.75, 3.05) is 6.61 Å². The van der Waals surface area contributed by atoms with Gasteiger partial charge in [-0.05, 0) is 62.7 Å². The third-order valence-corrected chi connectivity index (χ3v) is 5.73. The molecule has 0 aliphatic rings. The molecule has 4 rings (SSSR count). The Morgan fingerprint density at radius 2 is 1.73 bits per heavy atom. The Morgan fingerprint density at radius 3 is 2.45 bits per heavy atom. The lowest BCUT2D eigenvalue weighted by atomic mass is 10.0. The van der Waals surface area contributed by atoms with E-state index in [1.54, 1.807) is 30.3 Å². The predicted molar refractivity (Wildman–Crippen MR) is 126 cm³/mol. The highest BCUT2D eigenvalue weighted by atomic mass is 19.1. The monoisotopic (exact) mass is 444 g/mol. The molecule has 2 aromatic heterocycles. The largest absolute Gasteiger partial charge is 0.454 e. The number of fused-ring (bicyclic) bond motifs is 1. The van der Waals surface area contributed by atoms with Crippen molar-refractivity contribution < 1.29 is 18.7 Å². The van der Waals surface area contributed by atoms with Crippen molar-refractivity contribution in [1.29, 1.82) is 0 Å². The number of pyridine rings is 1. The molecule has 0 aliphatic carbocycles. The van der Waals surface area contributed by atoms with Gasteiger partial charge in [-0.3, -0.25) is 4.79 Å². The number of hydrogen-bond acceptors (Lipinski definition) is 4. The maximum absolute atomic E-state index is 13.3. The fourth-order valence-corrected chi connectivity index (χ4v) is 4.05. The van der Waals surface area contributed by atoms with Crippen LogP contribution in [-0.2, 0) is 11.3 Å². The molecule has 5 nitrogen and oxygen atoms in total. The van der Waals surface area contributed by atoms with Crippen molar-refractivity contribution in [3.63, 3.8) is 0 Å². The molecule has 0 saturated carbocycles. The van der Waals surface area contributed by atoms with Gasteiger partial charge in [0.15, 0.2) is 6.61 Å². The summed E-state index contributed by atoms with van der Waals surface area (Å²) in [6, 6.07) is 16.6. The number of carbonyl (C=O) groups is 2. The summed E-state index contributed by atoms with van der Waals surface area (Å²) in [5.41, 5.74) is 4.58. The van der Waals surface area contributed by atoms with E-state index in [1.165, 1.54) is 12.1 Å². The van der Waals surface area contributed by atoms with E-state index >= 15 is 0 Å². The van der Waals surface area contributed by atoms with Gasteiger partial charge in [-0.15, -0.1) is 0 Å². The fourth-order valence-electron chi connectivity index (χ4n) is 4.05. The quantitative estimate of drug-likeness (QED) is 0.263. The molecule has 4 aromatic rings. The second-order valence-electron chi connectivity index (χ2n) is 8.01. The molecular weight excluding hydrogens is 419 g/mol. The summed E-state index contributed by atoms with van der Waals surface area (Å²) in [4.78, 5) is 30.4. The molecule has 0 aliphatic heterocycles. The standard InChI is InChI=1S/C27H25FN2O3/c1-4-13-30-17(2)14-22(18(30)3)26(31)16-33-27(32)23-15-25(19-9-11-20(28)12-10-19)29-24-8-6-5-7-21(23)24/h5-12,14-15H,4,13,16H2,1-3H3. The van der Waals surface area contributed by atoms with E-state index in [9.17, 15) is 14.0 Å². The first-order valence-corrected chi connectivity index (χ1v) is 10.9. The molecular formula is C27H25FN2O3. The van der Waals surface area contributed by atoms with E-state index in [0.717, 1.165) is 24.4 Å². The van der Waals surface area contributed by atoms with Crippen LogP contribution in [0.2, 0.25) is 0 Å². The number of Topliss-reactive ketones (excluding diaryl/α,β-unsaturated/α-hetero) is 1. The van der Waals surface area contributed by atoms with Crippen LogP contribution in [0.1, 0.15) is 45.4 Å². The van der Waals surface area contributed by atoms with Crippen LogP contribution in [0.3, 0.4) is 0 Å². The van der Waals surface area contributed by atoms with Crippen molar-refractivity contribution in [3.05, 3.63) is 89.0 Å². The molecule has 0 atom stereocenters. The van der Waals surface area contributed by atoms with Gasteiger partial charge in [0.1, 0.15) is 5.82 Å². The predicted octanol–water partition coefficient (Wildman–Crippen LogP) is 5.91. The van der Waals surface area contributed by atoms with Crippen molar-refractivity contribution in [1.82, 2.24) is 9.55 Å². The highest BCUT2D eigenvalue weighted by Crippen LogP contribution is 2.26. The minimum Gasteiger partial charge on any atom is -0.454 e. The van der Waals surface area contributed by atoms with Crippen LogP contribution >= 0.6 is 0 Å². The second kappa shape index (κ2) is 9.36. The number of nitrogens with zero attached hydrogens (tertiary/aromatic N) is 2. The van der Waals surface area contributed by atoms with E-state index in [0.29, 0.717) is 33.3 Å². The third-order valence-electron chi connectivity index (χ3n) is 5.73. The number of aromatic nitrogens is 2. The van der Waals surface area contributed by atoms with Gasteiger partial charge < -0.3 is 9.30 Å². The number of ether oxygens (including phenoxy) is 1. The minimum atomic E-state index is -0.604. The smallest absolute Gasteiger partial charge is 0.339 e. The lowest BCUT2D eigenvalue weighted by Gasteiger charge is -2.10. The number of rotatable bonds is 7. The van der Waals surface area contributed by atoms with Crippen LogP contribution in [0.25, 0.3) is 22.2 Å². The van der Waals surface area contributed by atoms with E-state index in [1.807, 2.05) is 32.0 Å². The van der Waals surface area contributed by atoms with E-state index in [4.69, 9.17) is 4.74 Å². The number of esters is 1. The number of para-hydroxylation sites is 1. The Hall–Kier alpha value is -3.80. The van der Waals surface area contributed by atoms with Crippen LogP contribution in [-0.4, -0.2) is 27.9 Å². The normalized spacial score (nSPS) is 11.0. The summed E-state index contributed by atoms with van der Waals surface area (Å²) in [5.74, 6) is -1.19. The van der Waals surface area contributed by atoms with Crippen LogP contribution in [0.4, 0.5) is 4.39 Å². The van der Waals surface area contributed by atoms with E-state index < -0.39 is 5.97 Å². The minimum absolute atomic E-state index is 0.240. The molecule has 2 aromatic carbocycles. The number of carbonyl (C=O) groups excluding carboxylic acids is 2. The highest BCUT2D eigenvalue weighted by molar-refractivity contribution is 6.06. The zero-order valence-electron chi connectivity index (χ0n) is 18.9. The van der Waals surface area contributed by atoms with Gasteiger partial charge in [0, 0.05) is 34.4 Å². The van der Waals surface area contributed by atoms with Gasteiger partial charge >= 0.3 is 5.97 Å². The van der Waals surface area contributed by atoms with Gasteiger partial charge in [0.25, 0.3) is 0 Å². The number of aryl methyl sites for hydroxylation is 1. The molecule has 0 saturated heterocycles. The van der Waals surface area contributed by atoms with Crippen LogP contribution in [0.5, 0.6) is 0 Å². The first-order chi connectivity index (χ1) is 15.9. The van der Waals surface area contributed by atoms with Crippen molar-refractivity contribution in [2.24, 2.45) is 0 Å². The van der Waals surface area contributed by atoms with E-state index in [-0.39, 0.29) is 18.2 Å². The molecule has 0 spiro atoms. The topological polar surface area (TPSA) is 61.2 Å². The number of ketones is 1. The highest BCUT2D eigenvalue weighted by Gasteiger charge is 2.20. The van der Waals surface area contributed by atoms with Crippen molar-refractivity contribution in [3.8, 4) is 11.3 Å². The summed E-state index contributed by atoms with van der Waals surface area (Å²) in [6.45, 7) is 6.44. The molecule has 0 unspecified atom stereocenters. The molecule has 6 heteroatoms. The zero-order valence-corrected chi connectivity index (χ0v) is 18.9. The van der Waals surface area contributed by atoms with Gasteiger partial charge in [-0.2, -0.15) is 0 Å². The molecule has 0 radical (unpaired) electrons. The summed E-state index contributed by atoms with van der Waals surface area (Å²) in [7, 11) is 0. The average molecular weight is 445 g/mol. The van der Waals surface area contributed by atoms with Gasteiger partial charge in [0.2, 0.25) is 5.78 Å². The lowest BCUT2D eigenvalue weighted by molar-refractivity contribution is 0.0476. The molecule has 2 heterocycles. The summed E-state index contributed by atoms with van der Waals surface area (Å²) in [6.07, 6.45) is 0.963. The SMILES string of the molecule is CCCn1c(C)cc(C(=O)COC(=O)c2cc(-c3ccc(F)cc3)nc3ccccc23)c1C. The van der Waals surface area contributed by atoms with Crippen LogP contribution in [0, 0.1) is 19.7 Å². The zero-order chi connectivity index (χ0) is 23.5. The molecule has 33 heavy (non-hydrogen) atoms. The molecule has 0 amide bonds. The Labute approximate surface area is 191 Å². The number of benzene rings is 2. The lowest BCUT2D eigenvalue weighted by Crippen LogP contribution is -2.15. The molecule has 0 N–H and O–H groups in total. The summed E-state index contributed by atoms with van der Waals surface area (Å²) < 4.78 is 20.9. The first kappa shape index (κ1) is 22.4. The maximum Gasteiger partial charge on any atom is 0.339 e. The van der Waals surface area contributed by atoms with Gasteiger partial charge in [-0.1, -0.05) is 25.1 Å². The molecule has 0 fully saturated rings. The molecule has 168 valence electrons. The second-order valence-corrected chi connectivity index (χ2v) is 8.01. The van der Waals surface area contributed by atoms with Crippen LogP contribution < -0.4 is 0 Å². The Morgan fingerprint density at radius 1 is 1.00 bits per heavy atom. The van der Waals surface area contributed by atoms with Crippen molar-refractivity contribution in [2.45, 2.75) is 33.7 Å². The number of halogens is 1. The summed E-state index contributed by atoms with van der Waals surface area (Å²) >= 11 is 0. The van der Waals surface area contributed by atoms with Gasteiger partial charge in [-0.25, -0.2) is 14.2 Å². The van der Waals surface area contributed by atoms with Crippen LogP contribution in [0.15, 0.2) is 60.7 Å². The average Bonchev–Trinajstić information content (AvgIpc) is 3.11. The first-order valence-electron chi connectivity index (χ1n) is 10.9. The van der Waals surface area contributed by atoms with Gasteiger partial charge in [0.05, 0.1) is 16.8 Å².